The third-order valence-electron chi connectivity index (χ3n) is 7.62. The highest BCUT2D eigenvalue weighted by atomic mass is 16.5. The first-order valence-corrected chi connectivity index (χ1v) is 10.0. The van der Waals surface area contributed by atoms with Crippen LogP contribution in [0.25, 0.3) is 0 Å². The van der Waals surface area contributed by atoms with Gasteiger partial charge < -0.3 is 15.2 Å². The number of carboxylic acids is 1. The van der Waals surface area contributed by atoms with Crippen LogP contribution in [0.15, 0.2) is 24.3 Å². The number of hydrogen-bond acceptors (Lipinski definition) is 3. The molecule has 2 N–H and O–H groups in total. The minimum absolute atomic E-state index is 0.0243. The second-order valence-corrected chi connectivity index (χ2v) is 9.12. The Bertz CT molecular complexity index is 756. The lowest BCUT2D eigenvalue weighted by atomic mass is 9.59. The number of aromatic carboxylic acids is 1. The molecule has 1 amide bonds. The Labute approximate surface area is 160 Å². The van der Waals surface area contributed by atoms with Gasteiger partial charge in [-0.05, 0) is 59.6 Å². The highest BCUT2D eigenvalue weighted by Gasteiger charge is 2.68. The number of hydrogen-bond donors (Lipinski definition) is 2. The third kappa shape index (κ3) is 2.70. The van der Waals surface area contributed by atoms with Gasteiger partial charge in [0.25, 0.3) is 0 Å². The third-order valence-corrected chi connectivity index (χ3v) is 7.62. The predicted octanol–water partition coefficient (Wildman–Crippen LogP) is 3.79. The van der Waals surface area contributed by atoms with Crippen LogP contribution >= 0.6 is 0 Å². The van der Waals surface area contributed by atoms with Gasteiger partial charge >= 0.3 is 5.97 Å². The number of fused-ring (bicyclic) bond motifs is 1. The minimum atomic E-state index is -0.911. The molecule has 1 saturated heterocycles. The van der Waals surface area contributed by atoms with Crippen LogP contribution in [0.1, 0.15) is 68.5 Å². The monoisotopic (exact) mass is 371 g/mol. The van der Waals surface area contributed by atoms with Gasteiger partial charge in [-0.15, -0.1) is 0 Å². The highest BCUT2D eigenvalue weighted by molar-refractivity contribution is 5.87. The first-order valence-electron chi connectivity index (χ1n) is 10.0. The number of amides is 1. The lowest BCUT2D eigenvalue weighted by Crippen LogP contribution is -2.58. The van der Waals surface area contributed by atoms with E-state index >= 15 is 0 Å². The number of carboxylic acid groups (broad SMARTS) is 1. The molecule has 146 valence electrons. The van der Waals surface area contributed by atoms with E-state index in [1.807, 2.05) is 19.1 Å². The largest absolute Gasteiger partial charge is 0.478 e. The van der Waals surface area contributed by atoms with Crippen LogP contribution in [0.2, 0.25) is 0 Å². The van der Waals surface area contributed by atoms with E-state index in [-0.39, 0.29) is 28.9 Å². The van der Waals surface area contributed by atoms with Crippen LogP contribution in [0.3, 0.4) is 0 Å². The van der Waals surface area contributed by atoms with Gasteiger partial charge in [0.2, 0.25) is 5.91 Å². The molecule has 1 aromatic carbocycles. The van der Waals surface area contributed by atoms with Crippen LogP contribution in [0.4, 0.5) is 0 Å². The molecule has 1 spiro atoms. The van der Waals surface area contributed by atoms with Gasteiger partial charge in [0, 0.05) is 19.1 Å². The number of benzene rings is 1. The van der Waals surface area contributed by atoms with E-state index in [1.54, 1.807) is 12.1 Å². The van der Waals surface area contributed by atoms with Gasteiger partial charge in [0.05, 0.1) is 11.7 Å². The Morgan fingerprint density at radius 1 is 1.26 bits per heavy atom. The van der Waals surface area contributed by atoms with E-state index in [0.717, 1.165) is 24.8 Å². The molecule has 1 heterocycles. The molecule has 0 aromatic heterocycles. The molecule has 1 aliphatic heterocycles. The quantitative estimate of drug-likeness (QED) is 0.844. The molecule has 0 radical (unpaired) electrons. The molecular weight excluding hydrogens is 342 g/mol. The van der Waals surface area contributed by atoms with E-state index in [2.05, 4.69) is 19.2 Å². The van der Waals surface area contributed by atoms with Crippen molar-refractivity contribution in [1.82, 2.24) is 5.32 Å². The highest BCUT2D eigenvalue weighted by Crippen LogP contribution is 2.70. The summed E-state index contributed by atoms with van der Waals surface area (Å²) in [6.07, 6.45) is 3.72. The first-order chi connectivity index (χ1) is 12.8. The molecular formula is C22H29NO4. The van der Waals surface area contributed by atoms with Crippen molar-refractivity contribution < 1.29 is 19.4 Å². The Kier molecular flexibility index (Phi) is 4.34. The van der Waals surface area contributed by atoms with Gasteiger partial charge in [0.15, 0.2) is 0 Å². The van der Waals surface area contributed by atoms with Crippen molar-refractivity contribution in [2.45, 2.75) is 58.6 Å². The first kappa shape index (κ1) is 18.5. The summed E-state index contributed by atoms with van der Waals surface area (Å²) < 4.78 is 6.21. The Hall–Kier alpha value is -1.88. The number of rotatable bonds is 4. The zero-order valence-corrected chi connectivity index (χ0v) is 16.3. The maximum Gasteiger partial charge on any atom is 0.335 e. The van der Waals surface area contributed by atoms with E-state index in [4.69, 9.17) is 9.84 Å². The zero-order valence-electron chi connectivity index (χ0n) is 16.3. The topological polar surface area (TPSA) is 75.6 Å². The van der Waals surface area contributed by atoms with Crippen LogP contribution in [0, 0.1) is 22.7 Å². The maximum absolute atomic E-state index is 12.3. The van der Waals surface area contributed by atoms with Gasteiger partial charge in [-0.3, -0.25) is 4.79 Å². The fourth-order valence-electron chi connectivity index (χ4n) is 6.20. The van der Waals surface area contributed by atoms with E-state index in [0.29, 0.717) is 30.4 Å². The number of carbonyl (C=O) groups is 2. The molecule has 5 nitrogen and oxygen atoms in total. The molecule has 5 heteroatoms. The number of nitrogens with one attached hydrogen (secondary N) is 1. The zero-order chi connectivity index (χ0) is 19.4. The molecule has 3 fully saturated rings. The van der Waals surface area contributed by atoms with E-state index in [1.165, 1.54) is 0 Å². The van der Waals surface area contributed by atoms with Crippen molar-refractivity contribution >= 4 is 11.9 Å². The Balaban J connectivity index is 1.66. The van der Waals surface area contributed by atoms with Crippen LogP contribution in [-0.4, -0.2) is 29.6 Å². The minimum Gasteiger partial charge on any atom is -0.478 e. The summed E-state index contributed by atoms with van der Waals surface area (Å²) in [5, 5.41) is 12.5. The predicted molar refractivity (Wildman–Crippen MR) is 101 cm³/mol. The summed E-state index contributed by atoms with van der Waals surface area (Å²) in [7, 11) is 0. The van der Waals surface area contributed by atoms with Crippen LogP contribution in [-0.2, 0) is 9.53 Å². The van der Waals surface area contributed by atoms with Crippen LogP contribution in [0.5, 0.6) is 0 Å². The van der Waals surface area contributed by atoms with Gasteiger partial charge in [-0.1, -0.05) is 32.9 Å². The van der Waals surface area contributed by atoms with Crippen molar-refractivity contribution in [1.29, 1.82) is 0 Å². The summed E-state index contributed by atoms with van der Waals surface area (Å²) in [6.45, 7) is 7.19. The van der Waals surface area contributed by atoms with E-state index in [9.17, 15) is 9.59 Å². The fourth-order valence-corrected chi connectivity index (χ4v) is 6.20. The average Bonchev–Trinajstić information content (AvgIpc) is 3.14. The van der Waals surface area contributed by atoms with Gasteiger partial charge in [-0.25, -0.2) is 4.79 Å². The molecule has 4 rings (SSSR count). The van der Waals surface area contributed by atoms with Crippen molar-refractivity contribution in [2.24, 2.45) is 22.7 Å². The second kappa shape index (κ2) is 6.33. The fraction of sp³-hybridized carbons (Fsp3) is 0.636. The SMILES string of the molecule is CCC(=O)N[C@H]1C(C)(C)[C@@H]2C[C@@H]3[C@@H](c4ccc(C(=O)O)cc4)OCC[C@@]31C2. The Morgan fingerprint density at radius 2 is 1.96 bits per heavy atom. The lowest BCUT2D eigenvalue weighted by molar-refractivity contribution is -0.137. The average molecular weight is 371 g/mol. The number of carbonyl (C=O) groups excluding carboxylic acids is 1. The summed E-state index contributed by atoms with van der Waals surface area (Å²) >= 11 is 0. The normalized spacial score (nSPS) is 36.3. The van der Waals surface area contributed by atoms with Crippen molar-refractivity contribution in [2.75, 3.05) is 6.61 Å². The van der Waals surface area contributed by atoms with E-state index < -0.39 is 5.97 Å². The smallest absolute Gasteiger partial charge is 0.335 e. The van der Waals surface area contributed by atoms with Crippen LogP contribution < -0.4 is 5.32 Å². The molecule has 1 aromatic rings. The van der Waals surface area contributed by atoms with Crippen molar-refractivity contribution in [3.63, 3.8) is 0 Å². The molecule has 2 aliphatic carbocycles. The maximum atomic E-state index is 12.3. The van der Waals surface area contributed by atoms with Crippen molar-refractivity contribution in [3.8, 4) is 0 Å². The molecule has 0 unspecified atom stereocenters. The Morgan fingerprint density at radius 3 is 2.59 bits per heavy atom. The molecule has 2 saturated carbocycles. The molecule has 27 heavy (non-hydrogen) atoms. The summed E-state index contributed by atoms with van der Waals surface area (Å²) in [6, 6.07) is 7.28. The molecule has 2 bridgehead atoms. The molecule has 5 atom stereocenters. The second-order valence-electron chi connectivity index (χ2n) is 9.12. The van der Waals surface area contributed by atoms with Gasteiger partial charge in [-0.2, -0.15) is 0 Å². The summed E-state index contributed by atoms with van der Waals surface area (Å²) in [5.41, 5.74) is 1.52. The summed E-state index contributed by atoms with van der Waals surface area (Å²) in [5.74, 6) is 0.156. The lowest BCUT2D eigenvalue weighted by Gasteiger charge is -2.53. The standard InChI is InChI=1S/C22H29NO4/c1-4-17(24)23-20-21(2,3)15-11-16-18(27-10-9-22(16,20)12-15)13-5-7-14(8-6-13)19(25)26/h5-8,15-16,18,20H,4,9-12H2,1-3H3,(H,23,24)(H,25,26)/t15-,16-,18-,20+,22-/m1/s1. The molecule has 3 aliphatic rings. The number of ether oxygens (including phenoxy) is 1. The summed E-state index contributed by atoms with van der Waals surface area (Å²) in [4.78, 5) is 23.4. The van der Waals surface area contributed by atoms with Crippen molar-refractivity contribution in [3.05, 3.63) is 35.4 Å². The van der Waals surface area contributed by atoms with Gasteiger partial charge in [0.1, 0.15) is 0 Å².